The molecule has 0 atom stereocenters. The van der Waals surface area contributed by atoms with Gasteiger partial charge >= 0.3 is 0 Å². The number of nitriles is 1. The van der Waals surface area contributed by atoms with Crippen molar-refractivity contribution in [3.05, 3.63) is 170 Å². The van der Waals surface area contributed by atoms with E-state index < -0.39 is 9.84 Å². The van der Waals surface area contributed by atoms with Gasteiger partial charge in [-0.05, 0) is 85.8 Å². The fraction of sp³-hybridized carbons (Fsp3) is 0.0217. The zero-order chi connectivity index (χ0) is 36.3. The number of sulfone groups is 1. The van der Waals surface area contributed by atoms with E-state index in [1.165, 1.54) is 49.8 Å². The summed E-state index contributed by atoms with van der Waals surface area (Å²) in [5.41, 5.74) is 6.71. The Labute approximate surface area is 310 Å². The first-order chi connectivity index (χ1) is 25.9. The van der Waals surface area contributed by atoms with Crippen LogP contribution in [0.4, 0.5) is 0 Å². The van der Waals surface area contributed by atoms with Crippen LogP contribution in [0, 0.1) is 11.3 Å². The molecule has 3 heterocycles. The molecule has 0 N–H and O–H groups in total. The number of nitrogens with zero attached hydrogens (tertiary/aromatic N) is 3. The maximum atomic E-state index is 13.7. The summed E-state index contributed by atoms with van der Waals surface area (Å²) < 4.78 is 34.6. The Morgan fingerprint density at radius 2 is 1.09 bits per heavy atom. The van der Waals surface area contributed by atoms with Crippen LogP contribution < -0.4 is 0 Å². The Morgan fingerprint density at radius 3 is 1.79 bits per heavy atom. The number of fused-ring (bicyclic) bond motifs is 11. The lowest BCUT2D eigenvalue weighted by Gasteiger charge is -2.13. The highest BCUT2D eigenvalue weighted by molar-refractivity contribution is 7.91. The molecule has 7 aromatic carbocycles. The van der Waals surface area contributed by atoms with E-state index in [9.17, 15) is 13.7 Å². The topological polar surface area (TPSA) is 67.8 Å². The molecule has 0 saturated carbocycles. The van der Waals surface area contributed by atoms with E-state index in [2.05, 4.69) is 119 Å². The van der Waals surface area contributed by atoms with Crippen LogP contribution in [0.15, 0.2) is 174 Å². The quantitative estimate of drug-likeness (QED) is 0.170. The predicted octanol–water partition coefficient (Wildman–Crippen LogP) is 12.1. The summed E-state index contributed by atoms with van der Waals surface area (Å²) in [5.74, 6) is 0. The van der Waals surface area contributed by atoms with Crippen molar-refractivity contribution in [1.82, 2.24) is 9.13 Å². The van der Waals surface area contributed by atoms with Crippen molar-refractivity contribution in [3.8, 4) is 17.4 Å². The largest absolute Gasteiger partial charge is 0.307 e. The van der Waals surface area contributed by atoms with Crippen LogP contribution in [0.1, 0.15) is 12.5 Å². The van der Waals surface area contributed by atoms with Gasteiger partial charge in [-0.25, -0.2) is 8.42 Å². The molecule has 7 heteroatoms. The average molecular weight is 722 g/mol. The van der Waals surface area contributed by atoms with Crippen molar-refractivity contribution in [2.75, 3.05) is 0 Å². The normalized spacial score (nSPS) is 11.7. The first-order valence-corrected chi connectivity index (χ1v) is 19.5. The minimum atomic E-state index is -3.80. The maximum absolute atomic E-state index is 13.7. The lowest BCUT2D eigenvalue weighted by Crippen LogP contribution is -2.03. The van der Waals surface area contributed by atoms with Gasteiger partial charge in [-0.1, -0.05) is 78.9 Å². The van der Waals surface area contributed by atoms with Gasteiger partial charge in [-0.15, -0.1) is 17.9 Å². The Bertz CT molecular complexity index is 3200. The molecule has 0 fully saturated rings. The Hall–Kier alpha value is -6.46. The van der Waals surface area contributed by atoms with Crippen LogP contribution in [-0.2, 0) is 9.84 Å². The van der Waals surface area contributed by atoms with Crippen molar-refractivity contribution in [2.45, 2.75) is 16.7 Å². The summed E-state index contributed by atoms with van der Waals surface area (Å²) in [4.78, 5) is 0.350. The third kappa shape index (κ3) is 4.99. The number of thiophene rings is 1. The monoisotopic (exact) mass is 721 g/mol. The molecule has 10 aromatic rings. The fourth-order valence-electron chi connectivity index (χ4n) is 7.57. The van der Waals surface area contributed by atoms with Gasteiger partial charge in [0.15, 0.2) is 0 Å². The highest BCUT2D eigenvalue weighted by atomic mass is 32.2. The molecule has 0 unspecified atom stereocenters. The van der Waals surface area contributed by atoms with E-state index in [1.807, 2.05) is 25.1 Å². The third-order valence-electron chi connectivity index (χ3n) is 9.78. The summed E-state index contributed by atoms with van der Waals surface area (Å²) in [6.45, 7) is 5.25. The molecule has 0 saturated heterocycles. The van der Waals surface area contributed by atoms with E-state index in [-0.39, 0.29) is 9.79 Å². The van der Waals surface area contributed by atoms with Crippen molar-refractivity contribution in [3.63, 3.8) is 0 Å². The maximum Gasteiger partial charge on any atom is 0.206 e. The zero-order valence-corrected chi connectivity index (χ0v) is 30.3. The Balaban J connectivity index is 0.00000120. The van der Waals surface area contributed by atoms with Crippen LogP contribution in [0.25, 0.3) is 75.2 Å². The van der Waals surface area contributed by atoms with Gasteiger partial charge in [0, 0.05) is 53.1 Å². The van der Waals surface area contributed by atoms with E-state index in [4.69, 9.17) is 0 Å². The summed E-state index contributed by atoms with van der Waals surface area (Å²) >= 11 is 1.79. The minimum Gasteiger partial charge on any atom is -0.307 e. The first kappa shape index (κ1) is 32.4. The van der Waals surface area contributed by atoms with Gasteiger partial charge in [0.05, 0.1) is 43.5 Å². The Morgan fingerprint density at radius 1 is 0.566 bits per heavy atom. The highest BCUT2D eigenvalue weighted by Gasteiger charge is 2.24. The molecule has 0 aliphatic carbocycles. The average Bonchev–Trinajstić information content (AvgIpc) is 3.86. The van der Waals surface area contributed by atoms with Crippen molar-refractivity contribution < 1.29 is 8.42 Å². The lowest BCUT2D eigenvalue weighted by atomic mass is 10.1. The molecule has 0 radical (unpaired) electrons. The standard InChI is InChI=1S/C43H25N3O2S2.C3H6/c44-26-27-14-18-30(19-15-27)50(47,48)31-20-16-29(17-21-31)46-41-34(24-25-39-40(41)36-11-5-7-13-38(36)49-39)35-23-22-33-32-10-4-6-12-37(32)45(42(33)43(35)46)28-8-2-1-3-9-28;1-3-2/h1-25H;3H,1H2,2H3. The first-order valence-electron chi connectivity index (χ1n) is 17.2. The van der Waals surface area contributed by atoms with Crippen molar-refractivity contribution in [1.29, 1.82) is 5.26 Å². The van der Waals surface area contributed by atoms with Crippen LogP contribution in [-0.4, -0.2) is 17.6 Å². The van der Waals surface area contributed by atoms with Crippen molar-refractivity contribution in [2.24, 2.45) is 0 Å². The number of benzene rings is 7. The summed E-state index contributed by atoms with van der Waals surface area (Å²) in [7, 11) is -3.80. The van der Waals surface area contributed by atoms with E-state index in [1.54, 1.807) is 29.5 Å². The number of para-hydroxylation sites is 2. The number of hydrogen-bond donors (Lipinski definition) is 0. The molecule has 0 bridgehead atoms. The molecule has 0 aliphatic heterocycles. The second-order valence-corrected chi connectivity index (χ2v) is 15.9. The molecule has 0 aliphatic rings. The van der Waals surface area contributed by atoms with Gasteiger partial charge in [-0.3, -0.25) is 0 Å². The van der Waals surface area contributed by atoms with E-state index >= 15 is 0 Å². The third-order valence-corrected chi connectivity index (χ3v) is 12.7. The summed E-state index contributed by atoms with van der Waals surface area (Å²) in [6, 6.07) is 51.8. The molecule has 3 aromatic heterocycles. The lowest BCUT2D eigenvalue weighted by molar-refractivity contribution is 0.596. The molecule has 0 spiro atoms. The van der Waals surface area contributed by atoms with Gasteiger partial charge in [-0.2, -0.15) is 5.26 Å². The summed E-state index contributed by atoms with van der Waals surface area (Å²) in [5, 5.41) is 16.2. The highest BCUT2D eigenvalue weighted by Crippen LogP contribution is 2.46. The second-order valence-electron chi connectivity index (χ2n) is 12.9. The molecular formula is C46H31N3O2S2. The number of allylic oxidation sites excluding steroid dienone is 1. The number of aromatic nitrogens is 2. The number of hydrogen-bond acceptors (Lipinski definition) is 4. The smallest absolute Gasteiger partial charge is 0.206 e. The van der Waals surface area contributed by atoms with Gasteiger partial charge in [0.2, 0.25) is 9.84 Å². The second kappa shape index (κ2) is 12.6. The van der Waals surface area contributed by atoms with E-state index in [0.29, 0.717) is 5.56 Å². The van der Waals surface area contributed by atoms with Crippen LogP contribution >= 0.6 is 11.3 Å². The van der Waals surface area contributed by atoms with Gasteiger partial charge in [0.25, 0.3) is 0 Å². The van der Waals surface area contributed by atoms with Gasteiger partial charge in [0.1, 0.15) is 0 Å². The SMILES string of the molecule is C=CC.N#Cc1ccc(S(=O)(=O)c2ccc(-n3c4c(ccc5sc6ccccc6c54)c4ccc5c6ccccc6n(-c6ccccc6)c5c43)cc2)cc1. The molecule has 5 nitrogen and oxygen atoms in total. The predicted molar refractivity (Wildman–Crippen MR) is 220 cm³/mol. The van der Waals surface area contributed by atoms with Crippen molar-refractivity contribution >= 4 is 85.0 Å². The molecule has 254 valence electrons. The zero-order valence-electron chi connectivity index (χ0n) is 28.7. The van der Waals surface area contributed by atoms with Crippen LogP contribution in [0.3, 0.4) is 0 Å². The van der Waals surface area contributed by atoms with Crippen LogP contribution in [0.5, 0.6) is 0 Å². The number of rotatable bonds is 4. The molecule has 0 amide bonds. The summed E-state index contributed by atoms with van der Waals surface area (Å²) in [6.07, 6.45) is 1.75. The van der Waals surface area contributed by atoms with Crippen LogP contribution in [0.2, 0.25) is 0 Å². The van der Waals surface area contributed by atoms with E-state index in [0.717, 1.165) is 49.6 Å². The fourth-order valence-corrected chi connectivity index (χ4v) is 9.94. The minimum absolute atomic E-state index is 0.154. The Kier molecular flexibility index (Phi) is 7.74. The van der Waals surface area contributed by atoms with Gasteiger partial charge < -0.3 is 9.13 Å². The molecular weight excluding hydrogens is 691 g/mol. The molecule has 53 heavy (non-hydrogen) atoms. The molecule has 10 rings (SSSR count).